The average molecular weight is 336 g/mol. The van der Waals surface area contributed by atoms with Crippen molar-refractivity contribution in [3.05, 3.63) is 23.8 Å². The summed E-state index contributed by atoms with van der Waals surface area (Å²) in [4.78, 5) is 36.4. The quantitative estimate of drug-likeness (QED) is 0.784. The molecule has 2 N–H and O–H groups in total. The van der Waals surface area contributed by atoms with E-state index in [-0.39, 0.29) is 18.4 Å². The van der Waals surface area contributed by atoms with Gasteiger partial charge in [-0.2, -0.15) is 0 Å². The highest BCUT2D eigenvalue weighted by atomic mass is 16.5. The molecule has 1 aromatic rings. The zero-order valence-corrected chi connectivity index (χ0v) is 13.6. The van der Waals surface area contributed by atoms with Crippen molar-refractivity contribution < 1.29 is 29.0 Å². The molecule has 1 atom stereocenters. The first-order chi connectivity index (χ1) is 11.5. The lowest BCUT2D eigenvalue weighted by atomic mass is 10.1. The molecular formula is C16H20N2O6. The van der Waals surface area contributed by atoms with Crippen LogP contribution in [0.15, 0.2) is 18.2 Å². The molecule has 0 radical (unpaired) electrons. The van der Waals surface area contributed by atoms with Crippen LogP contribution in [0.1, 0.15) is 23.2 Å². The van der Waals surface area contributed by atoms with Gasteiger partial charge in [-0.3, -0.25) is 9.59 Å². The van der Waals surface area contributed by atoms with Gasteiger partial charge in [0, 0.05) is 19.2 Å². The summed E-state index contributed by atoms with van der Waals surface area (Å²) >= 11 is 0. The number of nitrogens with zero attached hydrogens (tertiary/aromatic N) is 1. The number of benzene rings is 1. The number of nitrogens with one attached hydrogen (secondary N) is 1. The monoisotopic (exact) mass is 336 g/mol. The van der Waals surface area contributed by atoms with Gasteiger partial charge in [-0.05, 0) is 31.0 Å². The topological polar surface area (TPSA) is 105 Å². The summed E-state index contributed by atoms with van der Waals surface area (Å²) in [6, 6.07) is 3.74. The minimum atomic E-state index is -1.00. The summed E-state index contributed by atoms with van der Waals surface area (Å²) in [6.45, 7) is 0.237. The van der Waals surface area contributed by atoms with Crippen molar-refractivity contribution in [3.8, 4) is 11.5 Å². The van der Waals surface area contributed by atoms with Crippen LogP contribution in [0, 0.1) is 0 Å². The molecule has 0 bridgehead atoms. The summed E-state index contributed by atoms with van der Waals surface area (Å²) in [7, 11) is 2.92. The van der Waals surface area contributed by atoms with E-state index >= 15 is 0 Å². The van der Waals surface area contributed by atoms with E-state index in [0.717, 1.165) is 0 Å². The van der Waals surface area contributed by atoms with Gasteiger partial charge in [-0.1, -0.05) is 0 Å². The maximum absolute atomic E-state index is 12.6. The van der Waals surface area contributed by atoms with E-state index in [1.54, 1.807) is 0 Å². The lowest BCUT2D eigenvalue weighted by molar-refractivity contribution is -0.141. The third kappa shape index (κ3) is 3.76. The van der Waals surface area contributed by atoms with E-state index in [4.69, 9.17) is 9.47 Å². The number of hydrogen-bond donors (Lipinski definition) is 2. The maximum atomic E-state index is 12.6. The van der Waals surface area contributed by atoms with Crippen molar-refractivity contribution >= 4 is 17.8 Å². The Labute approximate surface area is 139 Å². The van der Waals surface area contributed by atoms with Gasteiger partial charge in [0.25, 0.3) is 11.8 Å². The first-order valence-electron chi connectivity index (χ1n) is 7.53. The summed E-state index contributed by atoms with van der Waals surface area (Å²) in [5, 5.41) is 11.6. The largest absolute Gasteiger partial charge is 0.493 e. The fourth-order valence-corrected chi connectivity index (χ4v) is 2.57. The molecule has 0 spiro atoms. The number of carbonyl (C=O) groups is 3. The highest BCUT2D eigenvalue weighted by molar-refractivity contribution is 5.97. The molecule has 8 heteroatoms. The van der Waals surface area contributed by atoms with Crippen LogP contribution in [-0.4, -0.2) is 61.1 Å². The molecule has 0 aliphatic carbocycles. The highest BCUT2D eigenvalue weighted by Crippen LogP contribution is 2.29. The number of amides is 2. The van der Waals surface area contributed by atoms with Crippen molar-refractivity contribution in [2.45, 2.75) is 18.9 Å². The van der Waals surface area contributed by atoms with Crippen LogP contribution in [0.4, 0.5) is 0 Å². The van der Waals surface area contributed by atoms with Crippen molar-refractivity contribution in [1.29, 1.82) is 0 Å². The summed E-state index contributed by atoms with van der Waals surface area (Å²) in [5.74, 6) is -1.03. The third-order valence-electron chi connectivity index (χ3n) is 3.85. The summed E-state index contributed by atoms with van der Waals surface area (Å²) in [5.41, 5.74) is 0.312. The Morgan fingerprint density at radius 1 is 1.33 bits per heavy atom. The van der Waals surface area contributed by atoms with Crippen LogP contribution in [-0.2, 0) is 9.59 Å². The first-order valence-corrected chi connectivity index (χ1v) is 7.53. The third-order valence-corrected chi connectivity index (χ3v) is 3.85. The molecule has 24 heavy (non-hydrogen) atoms. The van der Waals surface area contributed by atoms with Gasteiger partial charge < -0.3 is 24.8 Å². The van der Waals surface area contributed by atoms with Crippen molar-refractivity contribution in [1.82, 2.24) is 10.2 Å². The van der Waals surface area contributed by atoms with Gasteiger partial charge in [0.2, 0.25) is 0 Å². The van der Waals surface area contributed by atoms with Gasteiger partial charge in [0.15, 0.2) is 18.1 Å². The molecule has 2 rings (SSSR count). The minimum Gasteiger partial charge on any atom is -0.493 e. The Morgan fingerprint density at radius 3 is 2.71 bits per heavy atom. The number of likely N-dealkylation sites (N-methyl/N-ethyl adjacent to an activating group) is 1. The number of likely N-dealkylation sites (tertiary alicyclic amines) is 1. The molecule has 1 fully saturated rings. The number of methoxy groups -OCH3 is 1. The normalized spacial score (nSPS) is 16.6. The van der Waals surface area contributed by atoms with E-state index in [0.29, 0.717) is 36.4 Å². The zero-order valence-electron chi connectivity index (χ0n) is 13.6. The number of ether oxygens (including phenoxy) is 2. The van der Waals surface area contributed by atoms with Crippen LogP contribution >= 0.6 is 0 Å². The number of rotatable bonds is 6. The van der Waals surface area contributed by atoms with Crippen molar-refractivity contribution in [3.63, 3.8) is 0 Å². The molecule has 1 aromatic carbocycles. The Kier molecular flexibility index (Phi) is 5.62. The molecule has 0 saturated carbocycles. The van der Waals surface area contributed by atoms with Gasteiger partial charge in [-0.15, -0.1) is 0 Å². The second-order valence-corrected chi connectivity index (χ2v) is 5.32. The second kappa shape index (κ2) is 7.67. The fraction of sp³-hybridized carbons (Fsp3) is 0.438. The molecule has 2 amide bonds. The second-order valence-electron chi connectivity index (χ2n) is 5.32. The zero-order chi connectivity index (χ0) is 17.7. The molecule has 8 nitrogen and oxygen atoms in total. The number of hydrogen-bond acceptors (Lipinski definition) is 5. The molecule has 1 heterocycles. The van der Waals surface area contributed by atoms with E-state index < -0.39 is 12.0 Å². The molecule has 1 aliphatic rings. The van der Waals surface area contributed by atoms with Gasteiger partial charge >= 0.3 is 5.97 Å². The van der Waals surface area contributed by atoms with Crippen LogP contribution < -0.4 is 14.8 Å². The predicted octanol–water partition coefficient (Wildman–Crippen LogP) is 0.509. The molecule has 0 aromatic heterocycles. The Morgan fingerprint density at radius 2 is 2.08 bits per heavy atom. The van der Waals surface area contributed by atoms with Gasteiger partial charge in [-0.25, -0.2) is 4.79 Å². The summed E-state index contributed by atoms with van der Waals surface area (Å²) in [6.07, 6.45) is 1.11. The highest BCUT2D eigenvalue weighted by Gasteiger charge is 2.34. The lowest BCUT2D eigenvalue weighted by Gasteiger charge is -2.22. The minimum absolute atomic E-state index is 0.173. The van der Waals surface area contributed by atoms with Crippen LogP contribution in [0.3, 0.4) is 0 Å². The Bertz CT molecular complexity index is 645. The van der Waals surface area contributed by atoms with Crippen LogP contribution in [0.25, 0.3) is 0 Å². The van der Waals surface area contributed by atoms with E-state index in [1.807, 2.05) is 0 Å². The van der Waals surface area contributed by atoms with Crippen molar-refractivity contribution in [2.75, 3.05) is 27.3 Å². The van der Waals surface area contributed by atoms with E-state index in [1.165, 1.54) is 37.3 Å². The number of aliphatic carboxylic acids is 1. The lowest BCUT2D eigenvalue weighted by Crippen LogP contribution is -2.40. The smallest absolute Gasteiger partial charge is 0.326 e. The standard InChI is InChI=1S/C16H20N2O6/c1-17-14(19)9-24-12-6-5-10(8-13(12)23-2)15(20)18-7-3-4-11(18)16(21)22/h5-6,8,11H,3-4,7,9H2,1-2H3,(H,17,19)(H,21,22)/t11-/m1/s1. The average Bonchev–Trinajstić information content (AvgIpc) is 3.08. The Balaban J connectivity index is 2.17. The first kappa shape index (κ1) is 17.6. The molecule has 0 unspecified atom stereocenters. The summed E-state index contributed by atoms with van der Waals surface area (Å²) < 4.78 is 10.5. The van der Waals surface area contributed by atoms with Crippen LogP contribution in [0.2, 0.25) is 0 Å². The molecule has 1 aliphatic heterocycles. The number of carboxylic acid groups (broad SMARTS) is 1. The maximum Gasteiger partial charge on any atom is 0.326 e. The SMILES string of the molecule is CNC(=O)COc1ccc(C(=O)N2CCC[C@@H]2C(=O)O)cc1OC. The Hall–Kier alpha value is -2.77. The van der Waals surface area contributed by atoms with Gasteiger partial charge in [0.05, 0.1) is 7.11 Å². The molecule has 1 saturated heterocycles. The number of carboxylic acids is 1. The van der Waals surface area contributed by atoms with Crippen molar-refractivity contribution in [2.24, 2.45) is 0 Å². The fourth-order valence-electron chi connectivity index (χ4n) is 2.57. The van der Waals surface area contributed by atoms with Gasteiger partial charge in [0.1, 0.15) is 6.04 Å². The molecule has 130 valence electrons. The number of carbonyl (C=O) groups excluding carboxylic acids is 2. The molecular weight excluding hydrogens is 316 g/mol. The van der Waals surface area contributed by atoms with Crippen LogP contribution in [0.5, 0.6) is 11.5 Å². The van der Waals surface area contributed by atoms with E-state index in [9.17, 15) is 19.5 Å². The van der Waals surface area contributed by atoms with E-state index in [2.05, 4.69) is 5.32 Å². The predicted molar refractivity (Wildman–Crippen MR) is 84.3 cm³/mol.